The number of carbonyl (C=O) groups is 2. The maximum atomic E-state index is 14.3. The Morgan fingerprint density at radius 2 is 1.82 bits per heavy atom. The highest BCUT2D eigenvalue weighted by Crippen LogP contribution is 2.50. The van der Waals surface area contributed by atoms with Crippen molar-refractivity contribution in [3.05, 3.63) is 69.7 Å². The van der Waals surface area contributed by atoms with E-state index in [0.717, 1.165) is 11.1 Å². The van der Waals surface area contributed by atoms with E-state index in [1.165, 1.54) is 11.4 Å². The number of benzene rings is 2. The van der Waals surface area contributed by atoms with Crippen LogP contribution in [0.5, 0.6) is 0 Å². The number of amides is 1. The third-order valence-electron chi connectivity index (χ3n) is 7.89. The highest BCUT2D eigenvalue weighted by Gasteiger charge is 2.55. The molecule has 1 saturated carbocycles. The van der Waals surface area contributed by atoms with Crippen molar-refractivity contribution in [2.45, 2.75) is 67.9 Å². The van der Waals surface area contributed by atoms with Gasteiger partial charge in [-0.25, -0.2) is 12.7 Å². The summed E-state index contributed by atoms with van der Waals surface area (Å²) >= 11 is 12.6. The number of methoxy groups -OCH3 is 1. The molecule has 8 nitrogen and oxygen atoms in total. The van der Waals surface area contributed by atoms with Gasteiger partial charge in [0.2, 0.25) is 10.0 Å². The summed E-state index contributed by atoms with van der Waals surface area (Å²) in [4.78, 5) is 27.9. The van der Waals surface area contributed by atoms with Crippen LogP contribution in [-0.2, 0) is 24.3 Å². The van der Waals surface area contributed by atoms with E-state index in [2.05, 4.69) is 0 Å². The number of carbonyl (C=O) groups excluding carboxylic acids is 1. The number of carboxylic acids is 1. The molecule has 0 spiro atoms. The Balaban J connectivity index is 1.79. The molecule has 1 aliphatic heterocycles. The third kappa shape index (κ3) is 6.28. The van der Waals surface area contributed by atoms with Gasteiger partial charge in [-0.05, 0) is 68.0 Å². The predicted octanol–water partition coefficient (Wildman–Crippen LogP) is 5.11. The van der Waals surface area contributed by atoms with Gasteiger partial charge in [-0.2, -0.15) is 0 Å². The van der Waals surface area contributed by atoms with Crippen molar-refractivity contribution in [1.29, 1.82) is 0 Å². The topological polar surface area (TPSA) is 104 Å². The molecule has 212 valence electrons. The summed E-state index contributed by atoms with van der Waals surface area (Å²) in [5.41, 5.74) is 0.0538. The van der Waals surface area contributed by atoms with Crippen LogP contribution in [0.25, 0.3) is 0 Å². The fraction of sp³-hybridized carbons (Fsp3) is 0.500. The number of piperidine rings is 1. The van der Waals surface area contributed by atoms with Crippen molar-refractivity contribution < 1.29 is 27.9 Å². The maximum Gasteiger partial charge on any atom is 0.306 e. The molecular formula is C28H34Cl2N2O6S. The lowest BCUT2D eigenvalue weighted by Crippen LogP contribution is -2.61. The van der Waals surface area contributed by atoms with Crippen molar-refractivity contribution in [2.24, 2.45) is 0 Å². The zero-order chi connectivity index (χ0) is 28.5. The molecule has 1 amide bonds. The van der Waals surface area contributed by atoms with Crippen molar-refractivity contribution in [3.63, 3.8) is 0 Å². The van der Waals surface area contributed by atoms with Crippen LogP contribution in [-0.4, -0.2) is 72.2 Å². The number of hydrogen-bond donors (Lipinski definition) is 1. The van der Waals surface area contributed by atoms with Crippen LogP contribution in [0, 0.1) is 0 Å². The minimum absolute atomic E-state index is 0.126. The molecule has 1 N–H and O–H groups in total. The molecule has 1 saturated heterocycles. The Kier molecular flexibility index (Phi) is 8.98. The number of likely N-dealkylation sites (tertiary alicyclic amines) is 1. The first-order valence-corrected chi connectivity index (χ1v) is 15.2. The molecule has 11 heteroatoms. The Hall–Kier alpha value is -2.17. The molecule has 2 fully saturated rings. The molecular weight excluding hydrogens is 563 g/mol. The van der Waals surface area contributed by atoms with E-state index >= 15 is 0 Å². The molecule has 2 aromatic carbocycles. The summed E-state index contributed by atoms with van der Waals surface area (Å²) in [6, 6.07) is 13.6. The number of ether oxygens (including phenoxy) is 1. The van der Waals surface area contributed by atoms with Crippen molar-refractivity contribution in [1.82, 2.24) is 9.21 Å². The summed E-state index contributed by atoms with van der Waals surface area (Å²) in [6.45, 7) is 2.08. The number of aliphatic carboxylic acids is 1. The monoisotopic (exact) mass is 596 g/mol. The van der Waals surface area contributed by atoms with E-state index in [-0.39, 0.29) is 24.1 Å². The molecule has 4 atom stereocenters. The van der Waals surface area contributed by atoms with Crippen LogP contribution in [0.15, 0.2) is 48.5 Å². The number of halogens is 2. The molecule has 0 unspecified atom stereocenters. The molecule has 1 aliphatic carbocycles. The summed E-state index contributed by atoms with van der Waals surface area (Å²) in [5.74, 6) is -1.95. The second-order valence-electron chi connectivity index (χ2n) is 10.5. The Labute approximate surface area is 239 Å². The first-order chi connectivity index (χ1) is 18.4. The second kappa shape index (κ2) is 11.7. The number of hydrogen-bond acceptors (Lipinski definition) is 5. The lowest BCUT2D eigenvalue weighted by atomic mass is 9.72. The van der Waals surface area contributed by atoms with E-state index in [1.54, 1.807) is 30.1 Å². The lowest BCUT2D eigenvalue weighted by molar-refractivity contribution is -0.177. The van der Waals surface area contributed by atoms with Gasteiger partial charge in [0.15, 0.2) is 5.60 Å². The molecule has 0 aromatic heterocycles. The second-order valence-corrected chi connectivity index (χ2v) is 13.7. The largest absolute Gasteiger partial charge is 0.481 e. The van der Waals surface area contributed by atoms with Crippen molar-refractivity contribution in [2.75, 3.05) is 20.7 Å². The normalized spacial score (nSPS) is 24.7. The smallest absolute Gasteiger partial charge is 0.306 e. The van der Waals surface area contributed by atoms with Gasteiger partial charge in [0.05, 0.1) is 17.7 Å². The maximum absolute atomic E-state index is 14.3. The van der Waals surface area contributed by atoms with Gasteiger partial charge in [0.1, 0.15) is 0 Å². The Morgan fingerprint density at radius 3 is 2.38 bits per heavy atom. The summed E-state index contributed by atoms with van der Waals surface area (Å²) in [6.07, 6.45) is 1.30. The van der Waals surface area contributed by atoms with Crippen LogP contribution in [0.4, 0.5) is 0 Å². The van der Waals surface area contributed by atoms with E-state index in [0.29, 0.717) is 29.3 Å². The van der Waals surface area contributed by atoms with Gasteiger partial charge in [-0.3, -0.25) is 9.59 Å². The first-order valence-electron chi connectivity index (χ1n) is 13.0. The molecule has 2 aliphatic rings. The zero-order valence-corrected chi connectivity index (χ0v) is 24.5. The van der Waals surface area contributed by atoms with E-state index in [9.17, 15) is 23.1 Å². The quantitative estimate of drug-likeness (QED) is 0.386. The standard InChI is InChI=1S/C28H34Cl2N2O6S/c1-18(13-14-31(2)39(36,37)23-11-12-23)32-26(19-7-9-21(29)10-8-19)24(20-5-4-6-22(30)15-20)16-28(38-3,27(32)35)17-25(33)34/h4-10,15,18,23-24,26H,11-14,16-17H2,1-3H3,(H,33,34)/t18-,24+,26+,28-/m0/s1. The summed E-state index contributed by atoms with van der Waals surface area (Å²) in [7, 11) is -0.458. The van der Waals surface area contributed by atoms with Gasteiger partial charge in [0.25, 0.3) is 5.91 Å². The predicted molar refractivity (Wildman–Crippen MR) is 150 cm³/mol. The number of sulfonamides is 1. The van der Waals surface area contributed by atoms with E-state index < -0.39 is 46.0 Å². The van der Waals surface area contributed by atoms with Crippen LogP contribution < -0.4 is 0 Å². The van der Waals surface area contributed by atoms with Crippen LogP contribution in [0.2, 0.25) is 10.0 Å². The highest BCUT2D eigenvalue weighted by atomic mass is 35.5. The summed E-state index contributed by atoms with van der Waals surface area (Å²) in [5, 5.41) is 10.5. The van der Waals surface area contributed by atoms with Crippen LogP contribution in [0.3, 0.4) is 0 Å². The van der Waals surface area contributed by atoms with Crippen LogP contribution in [0.1, 0.15) is 62.1 Å². The summed E-state index contributed by atoms with van der Waals surface area (Å²) < 4.78 is 32.6. The van der Waals surface area contributed by atoms with Gasteiger partial charge >= 0.3 is 5.97 Å². The van der Waals surface area contributed by atoms with Gasteiger partial charge in [-0.15, -0.1) is 0 Å². The Morgan fingerprint density at radius 1 is 1.15 bits per heavy atom. The third-order valence-corrected chi connectivity index (χ3v) is 10.7. The molecule has 4 rings (SSSR count). The average molecular weight is 598 g/mol. The van der Waals surface area contributed by atoms with Gasteiger partial charge < -0.3 is 14.7 Å². The van der Waals surface area contributed by atoms with Crippen molar-refractivity contribution in [3.8, 4) is 0 Å². The number of nitrogens with zero attached hydrogens (tertiary/aromatic N) is 2. The number of carboxylic acid groups (broad SMARTS) is 1. The molecule has 0 radical (unpaired) electrons. The van der Waals surface area contributed by atoms with Gasteiger partial charge in [0, 0.05) is 42.7 Å². The molecule has 0 bridgehead atoms. The van der Waals surface area contributed by atoms with Crippen LogP contribution >= 0.6 is 23.2 Å². The molecule has 1 heterocycles. The fourth-order valence-corrected chi connectivity index (χ4v) is 7.49. The highest BCUT2D eigenvalue weighted by molar-refractivity contribution is 7.90. The van der Waals surface area contributed by atoms with Gasteiger partial charge in [-0.1, -0.05) is 47.5 Å². The Bertz CT molecular complexity index is 1320. The minimum atomic E-state index is -3.38. The first kappa shape index (κ1) is 29.8. The van der Waals surface area contributed by atoms with Crippen molar-refractivity contribution >= 4 is 45.1 Å². The van der Waals surface area contributed by atoms with E-state index in [1.807, 2.05) is 37.3 Å². The molecule has 2 aromatic rings. The molecule has 39 heavy (non-hydrogen) atoms. The fourth-order valence-electron chi connectivity index (χ4n) is 5.56. The van der Waals surface area contributed by atoms with E-state index in [4.69, 9.17) is 27.9 Å². The lowest BCUT2D eigenvalue weighted by Gasteiger charge is -2.51. The minimum Gasteiger partial charge on any atom is -0.481 e. The zero-order valence-electron chi connectivity index (χ0n) is 22.2. The SMILES string of the molecule is CO[C@]1(CC(=O)O)C[C@H](c2cccc(Cl)c2)[C@@H](c2ccc(Cl)cc2)N([C@@H](C)CCN(C)S(=O)(=O)C2CC2)C1=O. The number of rotatable bonds is 11. The average Bonchev–Trinajstić information content (AvgIpc) is 3.74.